The summed E-state index contributed by atoms with van der Waals surface area (Å²) in [5.41, 5.74) is 0.414. The zero-order valence-corrected chi connectivity index (χ0v) is 16.4. The summed E-state index contributed by atoms with van der Waals surface area (Å²) in [5.74, 6) is 1.35. The summed E-state index contributed by atoms with van der Waals surface area (Å²) >= 11 is 6.17. The van der Waals surface area contributed by atoms with Crippen LogP contribution in [0.15, 0.2) is 42.5 Å². The Kier molecular flexibility index (Phi) is 11.0. The Morgan fingerprint density at radius 2 is 1.81 bits per heavy atom. The predicted molar refractivity (Wildman–Crippen MR) is 114 cm³/mol. The van der Waals surface area contributed by atoms with Crippen LogP contribution in [0.5, 0.6) is 11.5 Å². The van der Waals surface area contributed by atoms with Gasteiger partial charge in [-0.3, -0.25) is 4.79 Å². The topological polar surface area (TPSA) is 35.5 Å². The van der Waals surface area contributed by atoms with E-state index in [0.29, 0.717) is 16.3 Å². The molecule has 0 aromatic heterocycles. The molecule has 6 heteroatoms. The molecule has 0 amide bonds. The van der Waals surface area contributed by atoms with Gasteiger partial charge in [-0.25, -0.2) is 0 Å². The van der Waals surface area contributed by atoms with Gasteiger partial charge in [0.25, 0.3) is 0 Å². The number of halogens is 1. The number of hydrogen-bond donors (Lipinski definition) is 0. The molecule has 0 bridgehead atoms. The Labute approximate surface area is 174 Å². The van der Waals surface area contributed by atoms with Gasteiger partial charge in [-0.1, -0.05) is 56.0 Å². The van der Waals surface area contributed by atoms with Crippen molar-refractivity contribution in [1.82, 2.24) is 0 Å². The molecule has 26 heavy (non-hydrogen) atoms. The number of hydrogen-bond acceptors (Lipinski definition) is 3. The molecule has 3 nitrogen and oxygen atoms in total. The van der Waals surface area contributed by atoms with Crippen molar-refractivity contribution >= 4 is 49.9 Å². The molecule has 2 aromatic rings. The third-order valence-corrected chi connectivity index (χ3v) is 5.22. The first kappa shape index (κ1) is 23.1. The van der Waals surface area contributed by atoms with Gasteiger partial charge in [0.1, 0.15) is 11.5 Å². The van der Waals surface area contributed by atoms with Crippen LogP contribution in [0.2, 0.25) is 5.02 Å². The minimum atomic E-state index is -0.0318. The molecule has 0 aliphatic rings. The molecule has 0 spiro atoms. The molecule has 0 saturated carbocycles. The van der Waals surface area contributed by atoms with E-state index in [0.717, 1.165) is 24.1 Å². The van der Waals surface area contributed by atoms with Gasteiger partial charge < -0.3 is 9.47 Å². The Bertz CT molecular complexity index is 692. The van der Waals surface area contributed by atoms with Crippen LogP contribution in [0.4, 0.5) is 0 Å². The van der Waals surface area contributed by atoms with Crippen molar-refractivity contribution in [3.63, 3.8) is 0 Å². The number of benzene rings is 2. The standard InChI is InChI=1S/C20H24ClO3P.Li.H/c1-3-4-5-6-14-24-15-10-12-16(13-11-15)25-20(22)19-17(21)8-7-9-18(19)23-2;;/h7-13,25H,3-6,14H2,1-2H3;;. The number of carbonyl (C=O) groups excluding carboxylic acids is 1. The molecule has 0 fully saturated rings. The van der Waals surface area contributed by atoms with Crippen LogP contribution in [0.25, 0.3) is 0 Å². The van der Waals surface area contributed by atoms with Crippen LogP contribution in [0, 0.1) is 0 Å². The molecule has 136 valence electrons. The molecule has 1 unspecified atom stereocenters. The third kappa shape index (κ3) is 6.97. The van der Waals surface area contributed by atoms with Gasteiger partial charge in [-0.05, 0) is 44.6 Å². The summed E-state index contributed by atoms with van der Waals surface area (Å²) in [4.78, 5) is 12.6. The van der Waals surface area contributed by atoms with Crippen molar-refractivity contribution in [2.24, 2.45) is 0 Å². The van der Waals surface area contributed by atoms with Crippen molar-refractivity contribution in [2.75, 3.05) is 13.7 Å². The Morgan fingerprint density at radius 1 is 1.08 bits per heavy atom. The van der Waals surface area contributed by atoms with Gasteiger partial charge in [0, 0.05) is 0 Å². The first-order valence-corrected chi connectivity index (χ1v) is 9.90. The molecule has 0 aliphatic carbocycles. The van der Waals surface area contributed by atoms with E-state index in [2.05, 4.69) is 6.92 Å². The molecular formula is C20H25ClLiO3P. The Balaban J connectivity index is 0.00000338. The van der Waals surface area contributed by atoms with Crippen molar-refractivity contribution in [1.29, 1.82) is 0 Å². The molecule has 1 atom stereocenters. The summed E-state index contributed by atoms with van der Waals surface area (Å²) in [7, 11) is 1.53. The molecule has 0 heterocycles. The van der Waals surface area contributed by atoms with E-state index in [4.69, 9.17) is 21.1 Å². The average Bonchev–Trinajstić information content (AvgIpc) is 2.62. The monoisotopic (exact) mass is 386 g/mol. The van der Waals surface area contributed by atoms with Crippen molar-refractivity contribution in [3.05, 3.63) is 53.1 Å². The fourth-order valence-corrected chi connectivity index (χ4v) is 3.75. The molecule has 0 aliphatic heterocycles. The molecular weight excluding hydrogens is 362 g/mol. The number of rotatable bonds is 10. The fraction of sp³-hybridized carbons (Fsp3) is 0.350. The molecule has 2 aromatic carbocycles. The average molecular weight is 387 g/mol. The third-order valence-electron chi connectivity index (χ3n) is 3.80. The predicted octanol–water partition coefficient (Wildman–Crippen LogP) is 4.80. The van der Waals surface area contributed by atoms with Gasteiger partial charge in [-0.2, -0.15) is 0 Å². The summed E-state index contributed by atoms with van der Waals surface area (Å²) in [5, 5.41) is 1.37. The van der Waals surface area contributed by atoms with E-state index >= 15 is 0 Å². The summed E-state index contributed by atoms with van der Waals surface area (Å²) < 4.78 is 11.0. The molecule has 0 N–H and O–H groups in total. The van der Waals surface area contributed by atoms with E-state index in [-0.39, 0.29) is 33.0 Å². The SMILES string of the molecule is CCCCCCOc1ccc(PC(=O)c2c(Cl)cccc2OC)cc1.[LiH]. The van der Waals surface area contributed by atoms with E-state index in [1.165, 1.54) is 26.4 Å². The summed E-state index contributed by atoms with van der Waals surface area (Å²) in [6, 6.07) is 12.9. The summed E-state index contributed by atoms with van der Waals surface area (Å²) in [6.07, 6.45) is 4.74. The zero-order chi connectivity index (χ0) is 18.1. The number of unbranched alkanes of at least 4 members (excludes halogenated alkanes) is 3. The zero-order valence-electron chi connectivity index (χ0n) is 14.7. The number of ether oxygens (including phenoxy) is 2. The van der Waals surface area contributed by atoms with Gasteiger partial charge in [0.15, 0.2) is 5.52 Å². The first-order chi connectivity index (χ1) is 12.2. The normalized spacial score (nSPS) is 10.6. The van der Waals surface area contributed by atoms with Crippen molar-refractivity contribution in [2.45, 2.75) is 32.6 Å². The molecule has 2 rings (SSSR count). The van der Waals surface area contributed by atoms with Crippen LogP contribution in [-0.4, -0.2) is 38.1 Å². The van der Waals surface area contributed by atoms with Crippen LogP contribution in [0.3, 0.4) is 0 Å². The number of methoxy groups -OCH3 is 1. The van der Waals surface area contributed by atoms with Crippen LogP contribution in [-0.2, 0) is 0 Å². The second-order valence-electron chi connectivity index (χ2n) is 5.70. The van der Waals surface area contributed by atoms with Gasteiger partial charge >= 0.3 is 18.9 Å². The van der Waals surface area contributed by atoms with Gasteiger partial charge in [0.05, 0.1) is 24.3 Å². The quantitative estimate of drug-likeness (QED) is 0.334. The van der Waals surface area contributed by atoms with Gasteiger partial charge in [-0.15, -0.1) is 0 Å². The molecule has 0 radical (unpaired) electrons. The fourth-order valence-electron chi connectivity index (χ4n) is 2.44. The second-order valence-corrected chi connectivity index (χ2v) is 7.39. The van der Waals surface area contributed by atoms with Crippen LogP contribution < -0.4 is 14.8 Å². The minimum absolute atomic E-state index is 0. The Hall–Kier alpha value is -0.973. The van der Waals surface area contributed by atoms with E-state index in [9.17, 15) is 4.79 Å². The second kappa shape index (κ2) is 12.4. The Morgan fingerprint density at radius 3 is 2.46 bits per heavy atom. The van der Waals surface area contributed by atoms with Crippen LogP contribution >= 0.6 is 20.2 Å². The van der Waals surface area contributed by atoms with Crippen molar-refractivity contribution < 1.29 is 14.3 Å². The van der Waals surface area contributed by atoms with E-state index in [1.807, 2.05) is 24.3 Å². The molecule has 0 saturated heterocycles. The van der Waals surface area contributed by atoms with Crippen LogP contribution in [0.1, 0.15) is 43.0 Å². The first-order valence-electron chi connectivity index (χ1n) is 8.52. The summed E-state index contributed by atoms with van der Waals surface area (Å²) in [6.45, 7) is 2.93. The van der Waals surface area contributed by atoms with E-state index < -0.39 is 0 Å². The number of carbonyl (C=O) groups is 1. The maximum absolute atomic E-state index is 12.6. The van der Waals surface area contributed by atoms with Crippen molar-refractivity contribution in [3.8, 4) is 11.5 Å². The maximum atomic E-state index is 12.6. The van der Waals surface area contributed by atoms with Gasteiger partial charge in [0.2, 0.25) is 0 Å². The van der Waals surface area contributed by atoms with E-state index in [1.54, 1.807) is 18.2 Å².